The molecule has 0 spiro atoms. The van der Waals surface area contributed by atoms with Crippen LogP contribution in [0.1, 0.15) is 16.5 Å². The zero-order valence-corrected chi connectivity index (χ0v) is 10.1. The van der Waals surface area contributed by atoms with Gasteiger partial charge in [0.1, 0.15) is 18.2 Å². The molecule has 0 saturated carbocycles. The molecule has 3 nitrogen and oxygen atoms in total. The molecule has 5 heteroatoms. The smallest absolute Gasteiger partial charge is 0.124 e. The first kappa shape index (κ1) is 11.3. The predicted octanol–water partition coefficient (Wildman–Crippen LogP) is 2.91. The third-order valence-electron chi connectivity index (χ3n) is 2.67. The highest BCUT2D eigenvalue weighted by Crippen LogP contribution is 2.32. The Morgan fingerprint density at radius 2 is 1.94 bits per heavy atom. The van der Waals surface area contributed by atoms with Gasteiger partial charge in [-0.3, -0.25) is 0 Å². The van der Waals surface area contributed by atoms with Gasteiger partial charge in [-0.15, -0.1) is 11.3 Å². The topological polar surface area (TPSA) is 46.0 Å². The Balaban J connectivity index is 2.04. The molecule has 0 amide bonds. The zero-order valence-electron chi connectivity index (χ0n) is 9.25. The number of benzene rings is 1. The fourth-order valence-corrected chi connectivity index (χ4v) is 2.88. The largest absolute Gasteiger partial charge is 0.383 e. The first-order chi connectivity index (χ1) is 8.74. The van der Waals surface area contributed by atoms with Crippen molar-refractivity contribution in [3.63, 3.8) is 0 Å². The van der Waals surface area contributed by atoms with Crippen LogP contribution in [0.5, 0.6) is 0 Å². The maximum absolute atomic E-state index is 13.1. The molecule has 1 N–H and O–H groups in total. The molecule has 2 aromatic heterocycles. The number of rotatable bonds is 2. The first-order valence-corrected chi connectivity index (χ1v) is 6.17. The van der Waals surface area contributed by atoms with Gasteiger partial charge in [-0.25, -0.2) is 14.4 Å². The Labute approximate surface area is 107 Å². The maximum Gasteiger partial charge on any atom is 0.124 e. The fourth-order valence-electron chi connectivity index (χ4n) is 1.78. The second-order valence-electron chi connectivity index (χ2n) is 3.91. The van der Waals surface area contributed by atoms with Crippen molar-refractivity contribution >= 4 is 21.4 Å². The number of aromatic nitrogens is 2. The summed E-state index contributed by atoms with van der Waals surface area (Å²) in [5, 5.41) is 11.1. The van der Waals surface area contributed by atoms with E-state index in [0.717, 1.165) is 15.0 Å². The van der Waals surface area contributed by atoms with Crippen LogP contribution in [-0.2, 0) is 0 Å². The molecule has 2 heterocycles. The Kier molecular flexibility index (Phi) is 2.77. The summed E-state index contributed by atoms with van der Waals surface area (Å²) < 4.78 is 13.9. The Morgan fingerprint density at radius 3 is 2.72 bits per heavy atom. The molecule has 0 bridgehead atoms. The number of hydrogen-bond donors (Lipinski definition) is 1. The van der Waals surface area contributed by atoms with Gasteiger partial charge < -0.3 is 5.11 Å². The molecule has 18 heavy (non-hydrogen) atoms. The summed E-state index contributed by atoms with van der Waals surface area (Å²) in [5.41, 5.74) is 0.629. The summed E-state index contributed by atoms with van der Waals surface area (Å²) >= 11 is 1.37. The van der Waals surface area contributed by atoms with Crippen molar-refractivity contribution in [2.75, 3.05) is 0 Å². The molecule has 1 atom stereocenters. The molecular weight excluding hydrogens is 251 g/mol. The molecule has 0 aliphatic heterocycles. The van der Waals surface area contributed by atoms with Crippen LogP contribution in [0.3, 0.4) is 0 Å². The van der Waals surface area contributed by atoms with Gasteiger partial charge in [-0.2, -0.15) is 0 Å². The molecule has 3 aromatic rings. The van der Waals surface area contributed by atoms with Gasteiger partial charge in [0.2, 0.25) is 0 Å². The average molecular weight is 260 g/mol. The van der Waals surface area contributed by atoms with Gasteiger partial charge in [0.15, 0.2) is 0 Å². The fraction of sp³-hybridized carbons (Fsp3) is 0.0769. The summed E-state index contributed by atoms with van der Waals surface area (Å²) in [6.07, 6.45) is 3.79. The van der Waals surface area contributed by atoms with E-state index < -0.39 is 6.10 Å². The van der Waals surface area contributed by atoms with Gasteiger partial charge in [-0.05, 0) is 23.6 Å². The molecular formula is C13H9FN2OS. The average Bonchev–Trinajstić information content (AvgIpc) is 2.81. The molecule has 1 aromatic carbocycles. The van der Waals surface area contributed by atoms with Crippen LogP contribution >= 0.6 is 11.3 Å². The van der Waals surface area contributed by atoms with Gasteiger partial charge in [0.05, 0.1) is 0 Å². The molecule has 0 aliphatic rings. The Morgan fingerprint density at radius 1 is 1.17 bits per heavy atom. The number of aliphatic hydroxyl groups excluding tert-OH is 1. The van der Waals surface area contributed by atoms with Crippen LogP contribution in [0.15, 0.2) is 43.0 Å². The monoisotopic (exact) mass is 260 g/mol. The summed E-state index contributed by atoms with van der Waals surface area (Å²) in [6.45, 7) is 0. The second kappa shape index (κ2) is 4.44. The van der Waals surface area contributed by atoms with Gasteiger partial charge in [0, 0.05) is 27.5 Å². The molecule has 0 radical (unpaired) electrons. The van der Waals surface area contributed by atoms with E-state index in [1.54, 1.807) is 18.5 Å². The summed E-state index contributed by atoms with van der Waals surface area (Å²) in [6, 6.07) is 6.45. The number of hydrogen-bond acceptors (Lipinski definition) is 4. The van der Waals surface area contributed by atoms with Crippen LogP contribution in [0.25, 0.3) is 10.1 Å². The quantitative estimate of drug-likeness (QED) is 0.770. The van der Waals surface area contributed by atoms with Crippen molar-refractivity contribution in [1.29, 1.82) is 0 Å². The summed E-state index contributed by atoms with van der Waals surface area (Å²) in [5.74, 6) is -0.270. The van der Waals surface area contributed by atoms with Gasteiger partial charge in [0.25, 0.3) is 0 Å². The normalized spacial score (nSPS) is 12.8. The summed E-state index contributed by atoms with van der Waals surface area (Å²) in [7, 11) is 0. The van der Waals surface area contributed by atoms with E-state index in [4.69, 9.17) is 0 Å². The van der Waals surface area contributed by atoms with Crippen molar-refractivity contribution in [2.24, 2.45) is 0 Å². The van der Waals surface area contributed by atoms with Crippen LogP contribution in [0.4, 0.5) is 4.39 Å². The molecule has 1 unspecified atom stereocenters. The van der Waals surface area contributed by atoms with E-state index in [0.29, 0.717) is 5.56 Å². The molecule has 0 saturated heterocycles. The number of fused-ring (bicyclic) bond motifs is 1. The second-order valence-corrected chi connectivity index (χ2v) is 5.02. The predicted molar refractivity (Wildman–Crippen MR) is 67.9 cm³/mol. The van der Waals surface area contributed by atoms with Crippen molar-refractivity contribution < 1.29 is 9.50 Å². The molecule has 0 aliphatic carbocycles. The van der Waals surface area contributed by atoms with Crippen LogP contribution in [-0.4, -0.2) is 15.1 Å². The highest BCUT2D eigenvalue weighted by atomic mass is 32.1. The van der Waals surface area contributed by atoms with Crippen molar-refractivity contribution in [3.05, 3.63) is 59.2 Å². The standard InChI is InChI=1S/C13H9FN2OS/c14-10-2-1-8-3-12(18-11(8)4-10)13(17)9-5-15-7-16-6-9/h1-7,13,17H. The van der Waals surface area contributed by atoms with Crippen LogP contribution in [0.2, 0.25) is 0 Å². The van der Waals surface area contributed by atoms with E-state index in [1.165, 1.54) is 29.8 Å². The van der Waals surface area contributed by atoms with Crippen LogP contribution < -0.4 is 0 Å². The third kappa shape index (κ3) is 1.98. The van der Waals surface area contributed by atoms with Crippen molar-refractivity contribution in [1.82, 2.24) is 9.97 Å². The zero-order chi connectivity index (χ0) is 12.5. The van der Waals surface area contributed by atoms with E-state index in [-0.39, 0.29) is 5.82 Å². The van der Waals surface area contributed by atoms with Gasteiger partial charge in [-0.1, -0.05) is 6.07 Å². The Hall–Kier alpha value is -1.85. The maximum atomic E-state index is 13.1. The SMILES string of the molecule is OC(c1cncnc1)c1cc2ccc(F)cc2s1. The van der Waals surface area contributed by atoms with E-state index in [9.17, 15) is 9.50 Å². The lowest BCUT2D eigenvalue weighted by Gasteiger charge is -2.06. The minimum Gasteiger partial charge on any atom is -0.383 e. The molecule has 90 valence electrons. The number of aliphatic hydroxyl groups is 1. The minimum absolute atomic E-state index is 0.270. The third-order valence-corrected chi connectivity index (χ3v) is 3.82. The molecule has 0 fully saturated rings. The Bertz CT molecular complexity index is 684. The minimum atomic E-state index is -0.772. The van der Waals surface area contributed by atoms with Crippen LogP contribution in [0, 0.1) is 5.82 Å². The number of halogens is 1. The van der Waals surface area contributed by atoms with Crippen molar-refractivity contribution in [3.8, 4) is 0 Å². The lowest BCUT2D eigenvalue weighted by Crippen LogP contribution is -1.97. The van der Waals surface area contributed by atoms with Gasteiger partial charge >= 0.3 is 0 Å². The van der Waals surface area contributed by atoms with E-state index >= 15 is 0 Å². The summed E-state index contributed by atoms with van der Waals surface area (Å²) in [4.78, 5) is 8.50. The lowest BCUT2D eigenvalue weighted by molar-refractivity contribution is 0.223. The van der Waals surface area contributed by atoms with Crippen molar-refractivity contribution in [2.45, 2.75) is 6.10 Å². The highest BCUT2D eigenvalue weighted by Gasteiger charge is 2.14. The number of nitrogens with zero attached hydrogens (tertiary/aromatic N) is 2. The highest BCUT2D eigenvalue weighted by molar-refractivity contribution is 7.19. The lowest BCUT2D eigenvalue weighted by atomic mass is 10.1. The van der Waals surface area contributed by atoms with E-state index in [1.807, 2.05) is 6.07 Å². The first-order valence-electron chi connectivity index (χ1n) is 5.36. The number of thiophene rings is 1. The van der Waals surface area contributed by atoms with E-state index in [2.05, 4.69) is 9.97 Å². The molecule has 3 rings (SSSR count).